The van der Waals surface area contributed by atoms with E-state index in [-0.39, 0.29) is 0 Å². The fourth-order valence-corrected chi connectivity index (χ4v) is 2.55. The zero-order valence-electron chi connectivity index (χ0n) is 11.7. The van der Waals surface area contributed by atoms with E-state index >= 15 is 0 Å². The highest BCUT2D eigenvalue weighted by atomic mass is 16.4. The molecule has 104 valence electrons. The summed E-state index contributed by atoms with van der Waals surface area (Å²) in [5.41, 5.74) is 2.30. The van der Waals surface area contributed by atoms with Crippen LogP contribution in [0, 0.1) is 6.92 Å². The lowest BCUT2D eigenvalue weighted by Crippen LogP contribution is -2.52. The molecule has 1 aliphatic rings. The van der Waals surface area contributed by atoms with Gasteiger partial charge in [0.25, 0.3) is 0 Å². The summed E-state index contributed by atoms with van der Waals surface area (Å²) in [6.45, 7) is 5.59. The number of carboxylic acids is 1. The Bertz CT molecular complexity index is 440. The highest BCUT2D eigenvalue weighted by Gasteiger charge is 2.28. The lowest BCUT2D eigenvalue weighted by atomic mass is 10.00. The van der Waals surface area contributed by atoms with E-state index in [1.807, 2.05) is 31.2 Å². The molecule has 0 bridgehead atoms. The van der Waals surface area contributed by atoms with Crippen LogP contribution in [0.5, 0.6) is 0 Å². The molecule has 1 saturated heterocycles. The maximum absolute atomic E-state index is 11.5. The van der Waals surface area contributed by atoms with Crippen molar-refractivity contribution >= 4 is 5.97 Å². The van der Waals surface area contributed by atoms with Gasteiger partial charge in [0.15, 0.2) is 0 Å². The first-order chi connectivity index (χ1) is 9.08. The Morgan fingerprint density at radius 1 is 1.26 bits per heavy atom. The molecule has 0 aliphatic carbocycles. The van der Waals surface area contributed by atoms with Crippen molar-refractivity contribution in [2.75, 3.05) is 33.2 Å². The van der Waals surface area contributed by atoms with E-state index in [9.17, 15) is 9.90 Å². The average Bonchev–Trinajstić information content (AvgIpc) is 2.39. The molecule has 4 nitrogen and oxygen atoms in total. The normalized spacial score (nSPS) is 19.3. The van der Waals surface area contributed by atoms with E-state index in [4.69, 9.17) is 0 Å². The average molecular weight is 262 g/mol. The first kappa shape index (κ1) is 14.0. The van der Waals surface area contributed by atoms with Gasteiger partial charge in [-0.3, -0.25) is 9.69 Å². The molecule has 4 heteroatoms. The minimum atomic E-state index is -0.715. The number of likely N-dealkylation sites (N-methyl/N-ethyl adjacent to an activating group) is 1. The van der Waals surface area contributed by atoms with Gasteiger partial charge >= 0.3 is 5.97 Å². The lowest BCUT2D eigenvalue weighted by molar-refractivity contribution is -0.144. The van der Waals surface area contributed by atoms with E-state index in [2.05, 4.69) is 16.8 Å². The maximum atomic E-state index is 11.5. The molecular formula is C15H22N2O2. The summed E-state index contributed by atoms with van der Waals surface area (Å²) in [7, 11) is 2.08. The monoisotopic (exact) mass is 262 g/mol. The summed E-state index contributed by atoms with van der Waals surface area (Å²) < 4.78 is 0. The number of piperazine rings is 1. The first-order valence-electron chi connectivity index (χ1n) is 6.78. The van der Waals surface area contributed by atoms with E-state index in [0.29, 0.717) is 6.42 Å². The molecule has 0 radical (unpaired) electrons. The Morgan fingerprint density at radius 2 is 1.89 bits per heavy atom. The van der Waals surface area contributed by atoms with Gasteiger partial charge in [-0.25, -0.2) is 0 Å². The molecule has 1 heterocycles. The third-order valence-electron chi connectivity index (χ3n) is 3.94. The van der Waals surface area contributed by atoms with Crippen LogP contribution >= 0.6 is 0 Å². The topological polar surface area (TPSA) is 43.8 Å². The quantitative estimate of drug-likeness (QED) is 0.886. The zero-order valence-corrected chi connectivity index (χ0v) is 11.7. The van der Waals surface area contributed by atoms with Crippen molar-refractivity contribution in [1.29, 1.82) is 0 Å². The molecule has 0 spiro atoms. The van der Waals surface area contributed by atoms with Crippen LogP contribution in [0.3, 0.4) is 0 Å². The molecule has 19 heavy (non-hydrogen) atoms. The molecule has 0 unspecified atom stereocenters. The van der Waals surface area contributed by atoms with Gasteiger partial charge in [-0.1, -0.05) is 24.3 Å². The van der Waals surface area contributed by atoms with E-state index in [0.717, 1.165) is 31.7 Å². The Labute approximate surface area is 114 Å². The molecule has 1 fully saturated rings. The highest BCUT2D eigenvalue weighted by Crippen LogP contribution is 2.15. The van der Waals surface area contributed by atoms with Gasteiger partial charge in [0.2, 0.25) is 0 Å². The predicted molar refractivity (Wildman–Crippen MR) is 75.4 cm³/mol. The highest BCUT2D eigenvalue weighted by molar-refractivity contribution is 5.74. The molecule has 0 aromatic heterocycles. The second kappa shape index (κ2) is 6.17. The number of carbonyl (C=O) groups is 1. The van der Waals surface area contributed by atoms with Gasteiger partial charge < -0.3 is 10.0 Å². The van der Waals surface area contributed by atoms with Crippen molar-refractivity contribution in [2.45, 2.75) is 19.4 Å². The van der Waals surface area contributed by atoms with Crippen LogP contribution in [0.1, 0.15) is 11.1 Å². The van der Waals surface area contributed by atoms with Crippen LogP contribution in [0.4, 0.5) is 0 Å². The van der Waals surface area contributed by atoms with Crippen molar-refractivity contribution in [3.63, 3.8) is 0 Å². The Kier molecular flexibility index (Phi) is 4.56. The smallest absolute Gasteiger partial charge is 0.321 e. The summed E-state index contributed by atoms with van der Waals surface area (Å²) in [6.07, 6.45) is 0.589. The summed E-state index contributed by atoms with van der Waals surface area (Å²) in [6, 6.07) is 7.63. The molecule has 2 rings (SSSR count). The number of nitrogens with zero attached hydrogens (tertiary/aromatic N) is 2. The van der Waals surface area contributed by atoms with E-state index in [1.54, 1.807) is 0 Å². The van der Waals surface area contributed by atoms with E-state index < -0.39 is 12.0 Å². The van der Waals surface area contributed by atoms with Crippen LogP contribution in [0.25, 0.3) is 0 Å². The number of hydrogen-bond donors (Lipinski definition) is 1. The molecule has 1 aliphatic heterocycles. The Balaban J connectivity index is 2.09. The summed E-state index contributed by atoms with van der Waals surface area (Å²) in [5, 5.41) is 9.49. The Morgan fingerprint density at radius 3 is 2.47 bits per heavy atom. The fraction of sp³-hybridized carbons (Fsp3) is 0.533. The largest absolute Gasteiger partial charge is 0.480 e. The minimum Gasteiger partial charge on any atom is -0.480 e. The first-order valence-corrected chi connectivity index (χ1v) is 6.78. The van der Waals surface area contributed by atoms with Crippen molar-refractivity contribution in [3.8, 4) is 0 Å². The lowest BCUT2D eigenvalue weighted by Gasteiger charge is -2.36. The molecule has 1 aromatic carbocycles. The second-order valence-corrected chi connectivity index (χ2v) is 5.32. The summed E-state index contributed by atoms with van der Waals surface area (Å²) >= 11 is 0. The molecular weight excluding hydrogens is 240 g/mol. The minimum absolute atomic E-state index is 0.408. The third-order valence-corrected chi connectivity index (χ3v) is 3.94. The zero-order chi connectivity index (χ0) is 13.8. The molecule has 1 aromatic rings. The van der Waals surface area contributed by atoms with Gasteiger partial charge in [0.1, 0.15) is 6.04 Å². The van der Waals surface area contributed by atoms with Crippen molar-refractivity contribution in [3.05, 3.63) is 35.4 Å². The predicted octanol–water partition coefficient (Wildman–Crippen LogP) is 1.24. The van der Waals surface area contributed by atoms with Gasteiger partial charge in [-0.2, -0.15) is 0 Å². The maximum Gasteiger partial charge on any atom is 0.321 e. The number of benzene rings is 1. The number of aryl methyl sites for hydroxylation is 1. The number of carboxylic acid groups (broad SMARTS) is 1. The van der Waals surface area contributed by atoms with Crippen LogP contribution < -0.4 is 0 Å². The molecule has 0 amide bonds. The van der Waals surface area contributed by atoms with Gasteiger partial charge in [0.05, 0.1) is 0 Å². The van der Waals surface area contributed by atoms with Crippen molar-refractivity contribution in [1.82, 2.24) is 9.80 Å². The van der Waals surface area contributed by atoms with Crippen LogP contribution in [-0.4, -0.2) is 60.1 Å². The van der Waals surface area contributed by atoms with Crippen LogP contribution in [0.15, 0.2) is 24.3 Å². The molecule has 1 atom stereocenters. The second-order valence-electron chi connectivity index (χ2n) is 5.32. The standard InChI is InChI=1S/C15H22N2O2/c1-12-5-3-4-6-13(12)11-14(15(18)19)17-9-7-16(2)8-10-17/h3-6,14H,7-11H2,1-2H3,(H,18,19)/t14-/m0/s1. The Hall–Kier alpha value is -1.39. The van der Waals surface area contributed by atoms with Gasteiger partial charge in [-0.15, -0.1) is 0 Å². The third kappa shape index (κ3) is 3.55. The van der Waals surface area contributed by atoms with Crippen LogP contribution in [-0.2, 0) is 11.2 Å². The van der Waals surface area contributed by atoms with Crippen molar-refractivity contribution in [2.24, 2.45) is 0 Å². The van der Waals surface area contributed by atoms with Crippen LogP contribution in [0.2, 0.25) is 0 Å². The fourth-order valence-electron chi connectivity index (χ4n) is 2.55. The van der Waals surface area contributed by atoms with Crippen molar-refractivity contribution < 1.29 is 9.90 Å². The SMILES string of the molecule is Cc1ccccc1C[C@@H](C(=O)O)N1CCN(C)CC1. The summed E-state index contributed by atoms with van der Waals surface area (Å²) in [4.78, 5) is 15.9. The van der Waals surface area contributed by atoms with Gasteiger partial charge in [0, 0.05) is 26.2 Å². The number of rotatable bonds is 4. The molecule has 0 saturated carbocycles. The van der Waals surface area contributed by atoms with E-state index in [1.165, 1.54) is 5.56 Å². The van der Waals surface area contributed by atoms with Gasteiger partial charge in [-0.05, 0) is 31.5 Å². The molecule has 1 N–H and O–H groups in total. The number of hydrogen-bond acceptors (Lipinski definition) is 3. The number of aliphatic carboxylic acids is 1. The summed E-state index contributed by atoms with van der Waals surface area (Å²) in [5.74, 6) is -0.715.